The largest absolute Gasteiger partial charge is 0.396 e. The molecule has 1 aromatic rings. The number of hydrogen-bond donors (Lipinski definition) is 3. The summed E-state index contributed by atoms with van der Waals surface area (Å²) in [7, 11) is 0. The Bertz CT molecular complexity index is 499. The van der Waals surface area contributed by atoms with Crippen molar-refractivity contribution in [1.29, 1.82) is 0 Å². The van der Waals surface area contributed by atoms with E-state index >= 15 is 0 Å². The molecule has 0 aliphatic carbocycles. The molecule has 3 N–H and O–H groups in total. The third-order valence-electron chi connectivity index (χ3n) is 4.49. The number of anilines is 2. The van der Waals surface area contributed by atoms with E-state index in [1.54, 1.807) is 0 Å². The second-order valence-electron chi connectivity index (χ2n) is 6.67. The average molecular weight is 319 g/mol. The summed E-state index contributed by atoms with van der Waals surface area (Å²) in [6.45, 7) is 7.19. The first-order chi connectivity index (χ1) is 11.1. The van der Waals surface area contributed by atoms with Gasteiger partial charge in [-0.25, -0.2) is 4.79 Å². The zero-order valence-electron chi connectivity index (χ0n) is 14.2. The number of amides is 2. The Morgan fingerprint density at radius 1 is 1.39 bits per heavy atom. The predicted octanol–water partition coefficient (Wildman–Crippen LogP) is 3.06. The zero-order chi connectivity index (χ0) is 16.7. The third-order valence-corrected chi connectivity index (χ3v) is 4.49. The monoisotopic (exact) mass is 319 g/mol. The lowest BCUT2D eigenvalue weighted by Gasteiger charge is -2.32. The summed E-state index contributed by atoms with van der Waals surface area (Å²) >= 11 is 0. The molecule has 1 aliphatic heterocycles. The molecule has 0 saturated carbocycles. The third kappa shape index (κ3) is 5.75. The molecule has 0 spiro atoms. The second kappa shape index (κ2) is 8.77. The Hall–Kier alpha value is -1.75. The molecule has 1 aromatic carbocycles. The lowest BCUT2D eigenvalue weighted by molar-refractivity contribution is 0.243. The van der Waals surface area contributed by atoms with Gasteiger partial charge >= 0.3 is 6.03 Å². The summed E-state index contributed by atoms with van der Waals surface area (Å²) < 4.78 is 0. The molecule has 128 valence electrons. The first kappa shape index (κ1) is 17.6. The molecule has 1 fully saturated rings. The summed E-state index contributed by atoms with van der Waals surface area (Å²) in [5.41, 5.74) is 1.98. The van der Waals surface area contributed by atoms with Crippen LogP contribution < -0.4 is 15.5 Å². The number of nitrogens with zero attached hydrogens (tertiary/aromatic N) is 1. The summed E-state index contributed by atoms with van der Waals surface area (Å²) in [5.74, 6) is 1.08. The van der Waals surface area contributed by atoms with Gasteiger partial charge in [-0.05, 0) is 49.3 Å². The number of hydrogen-bond acceptors (Lipinski definition) is 3. The van der Waals surface area contributed by atoms with Gasteiger partial charge in [0.15, 0.2) is 0 Å². The Labute approximate surface area is 139 Å². The number of rotatable bonds is 6. The maximum atomic E-state index is 12.0. The molecule has 1 saturated heterocycles. The van der Waals surface area contributed by atoms with Crippen molar-refractivity contribution in [3.8, 4) is 0 Å². The van der Waals surface area contributed by atoms with Crippen LogP contribution in [-0.4, -0.2) is 37.4 Å². The first-order valence-corrected chi connectivity index (χ1v) is 8.59. The predicted molar refractivity (Wildman–Crippen MR) is 94.9 cm³/mol. The van der Waals surface area contributed by atoms with Crippen molar-refractivity contribution in [3.63, 3.8) is 0 Å². The number of nitrogens with one attached hydrogen (secondary N) is 2. The maximum Gasteiger partial charge on any atom is 0.319 e. The molecule has 5 heteroatoms. The number of urea groups is 1. The van der Waals surface area contributed by atoms with Gasteiger partial charge in [0.1, 0.15) is 0 Å². The van der Waals surface area contributed by atoms with Gasteiger partial charge < -0.3 is 20.6 Å². The molecular weight excluding hydrogens is 290 g/mol. The van der Waals surface area contributed by atoms with Gasteiger partial charge in [0.05, 0.1) is 0 Å². The molecule has 23 heavy (non-hydrogen) atoms. The Balaban J connectivity index is 1.86. The van der Waals surface area contributed by atoms with Crippen molar-refractivity contribution >= 4 is 17.4 Å². The molecule has 0 radical (unpaired) electrons. The lowest BCUT2D eigenvalue weighted by atomic mass is 9.99. The minimum Gasteiger partial charge on any atom is -0.396 e. The highest BCUT2D eigenvalue weighted by Gasteiger charge is 2.16. The molecular formula is C18H29N3O2. The maximum absolute atomic E-state index is 12.0. The molecule has 0 aromatic heterocycles. The van der Waals surface area contributed by atoms with Gasteiger partial charge in [0.2, 0.25) is 0 Å². The second-order valence-corrected chi connectivity index (χ2v) is 6.67. The van der Waals surface area contributed by atoms with E-state index in [0.29, 0.717) is 13.0 Å². The van der Waals surface area contributed by atoms with E-state index in [1.165, 1.54) is 18.5 Å². The van der Waals surface area contributed by atoms with E-state index in [1.807, 2.05) is 25.1 Å². The van der Waals surface area contributed by atoms with Crippen molar-refractivity contribution in [2.45, 2.75) is 33.1 Å². The number of carbonyl (C=O) groups excluding carboxylic acids is 1. The Kier molecular flexibility index (Phi) is 6.71. The molecule has 5 nitrogen and oxygen atoms in total. The van der Waals surface area contributed by atoms with Crippen LogP contribution in [0.4, 0.5) is 16.2 Å². The molecule has 1 aliphatic rings. The van der Waals surface area contributed by atoms with Crippen LogP contribution in [0.1, 0.15) is 33.1 Å². The Morgan fingerprint density at radius 3 is 2.83 bits per heavy atom. The highest BCUT2D eigenvalue weighted by atomic mass is 16.3. The number of carbonyl (C=O) groups is 1. The van der Waals surface area contributed by atoms with E-state index in [0.717, 1.165) is 24.7 Å². The van der Waals surface area contributed by atoms with E-state index in [2.05, 4.69) is 28.5 Å². The van der Waals surface area contributed by atoms with Crippen LogP contribution in [0, 0.1) is 11.8 Å². The van der Waals surface area contributed by atoms with Crippen LogP contribution in [-0.2, 0) is 0 Å². The summed E-state index contributed by atoms with van der Waals surface area (Å²) in [6.07, 6.45) is 3.14. The molecule has 1 heterocycles. The van der Waals surface area contributed by atoms with Crippen LogP contribution in [0.15, 0.2) is 24.3 Å². The van der Waals surface area contributed by atoms with Crippen LogP contribution in [0.2, 0.25) is 0 Å². The van der Waals surface area contributed by atoms with Crippen molar-refractivity contribution in [1.82, 2.24) is 5.32 Å². The van der Waals surface area contributed by atoms with Crippen molar-refractivity contribution in [2.75, 3.05) is 36.5 Å². The van der Waals surface area contributed by atoms with Crippen molar-refractivity contribution in [2.24, 2.45) is 11.8 Å². The zero-order valence-corrected chi connectivity index (χ0v) is 14.2. The van der Waals surface area contributed by atoms with Gasteiger partial charge in [-0.1, -0.05) is 19.9 Å². The van der Waals surface area contributed by atoms with Gasteiger partial charge in [-0.3, -0.25) is 0 Å². The van der Waals surface area contributed by atoms with Gasteiger partial charge in [-0.2, -0.15) is 0 Å². The van der Waals surface area contributed by atoms with Crippen LogP contribution >= 0.6 is 0 Å². The van der Waals surface area contributed by atoms with Crippen LogP contribution in [0.5, 0.6) is 0 Å². The standard InChI is InChI=1S/C18H29N3O2/c1-14-6-9-21(10-7-14)17-5-3-4-16(12-17)20-18(23)19-13-15(2)8-11-22/h3-5,12,14-15,22H,6-11,13H2,1-2H3,(H2,19,20,23)/t15-/m0/s1. The highest BCUT2D eigenvalue weighted by Crippen LogP contribution is 2.25. The quantitative estimate of drug-likeness (QED) is 0.755. The first-order valence-electron chi connectivity index (χ1n) is 8.59. The number of piperidine rings is 1. The molecule has 0 unspecified atom stereocenters. The van der Waals surface area contributed by atoms with Crippen molar-refractivity contribution in [3.05, 3.63) is 24.3 Å². The van der Waals surface area contributed by atoms with Crippen molar-refractivity contribution < 1.29 is 9.90 Å². The van der Waals surface area contributed by atoms with E-state index < -0.39 is 0 Å². The minimum absolute atomic E-state index is 0.154. The molecule has 2 rings (SSSR count). The molecule has 2 amide bonds. The van der Waals surface area contributed by atoms with E-state index in [4.69, 9.17) is 5.11 Å². The fraction of sp³-hybridized carbons (Fsp3) is 0.611. The lowest BCUT2D eigenvalue weighted by Crippen LogP contribution is -2.33. The Morgan fingerprint density at radius 2 is 2.13 bits per heavy atom. The van der Waals surface area contributed by atoms with Gasteiger partial charge in [0, 0.05) is 37.6 Å². The number of benzene rings is 1. The van der Waals surface area contributed by atoms with E-state index in [-0.39, 0.29) is 18.6 Å². The summed E-state index contributed by atoms with van der Waals surface area (Å²) in [5, 5.41) is 14.6. The smallest absolute Gasteiger partial charge is 0.319 e. The van der Waals surface area contributed by atoms with Crippen LogP contribution in [0.25, 0.3) is 0 Å². The van der Waals surface area contributed by atoms with Gasteiger partial charge in [0.25, 0.3) is 0 Å². The minimum atomic E-state index is -0.195. The SMILES string of the molecule is CC1CCN(c2cccc(NC(=O)NC[C@@H](C)CCO)c2)CC1. The summed E-state index contributed by atoms with van der Waals surface area (Å²) in [4.78, 5) is 14.3. The fourth-order valence-corrected chi connectivity index (χ4v) is 2.81. The average Bonchev–Trinajstić information content (AvgIpc) is 2.54. The van der Waals surface area contributed by atoms with Gasteiger partial charge in [-0.15, -0.1) is 0 Å². The normalized spacial score (nSPS) is 16.9. The fourth-order valence-electron chi connectivity index (χ4n) is 2.81. The summed E-state index contributed by atoms with van der Waals surface area (Å²) in [6, 6.07) is 7.83. The molecule has 0 bridgehead atoms. The number of aliphatic hydroxyl groups excluding tert-OH is 1. The van der Waals surface area contributed by atoms with E-state index in [9.17, 15) is 4.79 Å². The molecule has 1 atom stereocenters. The highest BCUT2D eigenvalue weighted by molar-refractivity contribution is 5.89. The number of aliphatic hydroxyl groups is 1. The topological polar surface area (TPSA) is 64.6 Å². The van der Waals surface area contributed by atoms with Crippen LogP contribution in [0.3, 0.4) is 0 Å².